The van der Waals surface area contributed by atoms with Gasteiger partial charge in [-0.1, -0.05) is 23.8 Å². The minimum atomic E-state index is -3.70. The van der Waals surface area contributed by atoms with E-state index in [0.717, 1.165) is 5.56 Å². The van der Waals surface area contributed by atoms with Gasteiger partial charge in [0.15, 0.2) is 0 Å². The third kappa shape index (κ3) is 6.28. The molecule has 0 radical (unpaired) electrons. The molecule has 178 valence electrons. The quantitative estimate of drug-likeness (QED) is 0.277. The monoisotopic (exact) mass is 588 g/mol. The summed E-state index contributed by atoms with van der Waals surface area (Å²) in [5.74, 6) is -1.75. The molecular weight excluding hydrogens is 562 g/mol. The zero-order chi connectivity index (χ0) is 24.1. The van der Waals surface area contributed by atoms with Crippen molar-refractivity contribution in [2.45, 2.75) is 30.2 Å². The van der Waals surface area contributed by atoms with Crippen LogP contribution < -0.4 is 20.7 Å². The molecule has 0 spiro atoms. The van der Waals surface area contributed by atoms with E-state index in [2.05, 4.69) is 20.7 Å². The van der Waals surface area contributed by atoms with Crippen molar-refractivity contribution in [3.8, 4) is 0 Å². The average molecular weight is 588 g/mol. The normalized spacial score (nSPS) is 15.6. The van der Waals surface area contributed by atoms with Crippen molar-refractivity contribution in [2.24, 2.45) is 0 Å². The number of carbonyl (C=O) groups is 2. The van der Waals surface area contributed by atoms with Crippen molar-refractivity contribution >= 4 is 44.4 Å². The molecule has 11 heteroatoms. The highest BCUT2D eigenvalue weighted by molar-refractivity contribution is 14.1. The maximum absolute atomic E-state index is 14.3. The summed E-state index contributed by atoms with van der Waals surface area (Å²) in [6, 6.07) is 10.8. The Morgan fingerprint density at radius 2 is 1.76 bits per heavy atom. The molecule has 1 heterocycles. The van der Waals surface area contributed by atoms with E-state index < -0.39 is 33.2 Å². The van der Waals surface area contributed by atoms with Gasteiger partial charge in [0.05, 0.1) is 10.5 Å². The molecule has 0 aliphatic carbocycles. The molecule has 1 fully saturated rings. The zero-order valence-electron chi connectivity index (χ0n) is 18.1. The highest BCUT2D eigenvalue weighted by atomic mass is 127. The van der Waals surface area contributed by atoms with Crippen LogP contribution in [0.15, 0.2) is 47.4 Å². The minimum absolute atomic E-state index is 0.0184. The second-order valence-electron chi connectivity index (χ2n) is 7.85. The SMILES string of the molecule is Cc1ccc(S(=O)(=O)NCCNC(=O)C2(NC(=O)c3c(F)cccc3I)CCNCC2)cc1. The van der Waals surface area contributed by atoms with Gasteiger partial charge in [-0.05, 0) is 79.7 Å². The number of hydrogen-bond donors (Lipinski definition) is 4. The molecule has 4 N–H and O–H groups in total. The van der Waals surface area contributed by atoms with Crippen LogP contribution >= 0.6 is 22.6 Å². The number of halogens is 2. The molecular formula is C22H26FIN4O4S. The maximum atomic E-state index is 14.3. The predicted molar refractivity (Wildman–Crippen MR) is 131 cm³/mol. The maximum Gasteiger partial charge on any atom is 0.256 e. The molecule has 1 saturated heterocycles. The summed E-state index contributed by atoms with van der Waals surface area (Å²) < 4.78 is 41.9. The molecule has 0 unspecified atom stereocenters. The van der Waals surface area contributed by atoms with Gasteiger partial charge in [-0.3, -0.25) is 9.59 Å². The summed E-state index contributed by atoms with van der Waals surface area (Å²) in [6.07, 6.45) is 0.648. The van der Waals surface area contributed by atoms with Crippen molar-refractivity contribution in [3.05, 3.63) is 63.0 Å². The van der Waals surface area contributed by atoms with Crippen molar-refractivity contribution in [1.82, 2.24) is 20.7 Å². The van der Waals surface area contributed by atoms with Crippen LogP contribution in [0.25, 0.3) is 0 Å². The number of sulfonamides is 1. The summed E-state index contributed by atoms with van der Waals surface area (Å²) in [4.78, 5) is 26.1. The van der Waals surface area contributed by atoms with Crippen LogP contribution in [0.1, 0.15) is 28.8 Å². The van der Waals surface area contributed by atoms with E-state index in [1.54, 1.807) is 18.2 Å². The molecule has 1 aliphatic heterocycles. The van der Waals surface area contributed by atoms with Gasteiger partial charge in [-0.25, -0.2) is 17.5 Å². The Hall–Kier alpha value is -2.09. The second-order valence-corrected chi connectivity index (χ2v) is 10.8. The van der Waals surface area contributed by atoms with Crippen LogP contribution in [0.2, 0.25) is 0 Å². The second kappa shape index (κ2) is 10.9. The smallest absolute Gasteiger partial charge is 0.256 e. The summed E-state index contributed by atoms with van der Waals surface area (Å²) in [5, 5.41) is 8.59. The lowest BCUT2D eigenvalue weighted by Crippen LogP contribution is -2.63. The highest BCUT2D eigenvalue weighted by Gasteiger charge is 2.41. The molecule has 0 bridgehead atoms. The Balaban J connectivity index is 1.63. The van der Waals surface area contributed by atoms with Crippen LogP contribution in [0.3, 0.4) is 0 Å². The van der Waals surface area contributed by atoms with E-state index in [9.17, 15) is 22.4 Å². The van der Waals surface area contributed by atoms with E-state index >= 15 is 0 Å². The number of hydrogen-bond acceptors (Lipinski definition) is 5. The first kappa shape index (κ1) is 25.5. The summed E-state index contributed by atoms with van der Waals surface area (Å²) in [6.45, 7) is 2.88. The van der Waals surface area contributed by atoms with E-state index in [0.29, 0.717) is 29.5 Å². The van der Waals surface area contributed by atoms with E-state index in [-0.39, 0.29) is 23.5 Å². The Bertz CT molecular complexity index is 1100. The van der Waals surface area contributed by atoms with Gasteiger partial charge >= 0.3 is 0 Å². The van der Waals surface area contributed by atoms with Gasteiger partial charge in [-0.15, -0.1) is 0 Å². The third-order valence-electron chi connectivity index (χ3n) is 5.47. The Morgan fingerprint density at radius 3 is 2.39 bits per heavy atom. The Kier molecular flexibility index (Phi) is 8.43. The number of amides is 2. The van der Waals surface area contributed by atoms with Gasteiger partial charge in [0.25, 0.3) is 5.91 Å². The number of rotatable bonds is 8. The minimum Gasteiger partial charge on any atom is -0.353 e. The number of nitrogens with one attached hydrogen (secondary N) is 4. The van der Waals surface area contributed by atoms with Gasteiger partial charge in [0, 0.05) is 16.7 Å². The van der Waals surface area contributed by atoms with E-state index in [1.807, 2.05) is 29.5 Å². The molecule has 2 aromatic rings. The number of aryl methyl sites for hydroxylation is 1. The summed E-state index contributed by atoms with van der Waals surface area (Å²) in [7, 11) is -3.70. The molecule has 1 aliphatic rings. The van der Waals surface area contributed by atoms with Crippen LogP contribution in [0.4, 0.5) is 4.39 Å². The molecule has 0 saturated carbocycles. The lowest BCUT2D eigenvalue weighted by Gasteiger charge is -2.37. The lowest BCUT2D eigenvalue weighted by atomic mass is 9.86. The molecule has 0 atom stereocenters. The average Bonchev–Trinajstić information content (AvgIpc) is 2.77. The number of benzene rings is 2. The molecule has 8 nitrogen and oxygen atoms in total. The number of carbonyl (C=O) groups excluding carboxylic acids is 2. The summed E-state index contributed by atoms with van der Waals surface area (Å²) in [5.41, 5.74) is -0.376. The van der Waals surface area contributed by atoms with E-state index in [4.69, 9.17) is 0 Å². The van der Waals surface area contributed by atoms with Crippen LogP contribution in [-0.4, -0.2) is 52.0 Å². The predicted octanol–water partition coefficient (Wildman–Crippen LogP) is 1.69. The molecule has 3 rings (SSSR count). The Labute approximate surface area is 206 Å². The van der Waals surface area contributed by atoms with Crippen molar-refractivity contribution in [2.75, 3.05) is 26.2 Å². The van der Waals surface area contributed by atoms with E-state index in [1.165, 1.54) is 24.3 Å². The fraction of sp³-hybridized carbons (Fsp3) is 0.364. The van der Waals surface area contributed by atoms with Crippen molar-refractivity contribution in [1.29, 1.82) is 0 Å². The van der Waals surface area contributed by atoms with Gasteiger partial charge in [0.2, 0.25) is 15.9 Å². The van der Waals surface area contributed by atoms with Gasteiger partial charge in [0.1, 0.15) is 11.4 Å². The molecule has 2 aromatic carbocycles. The Morgan fingerprint density at radius 1 is 1.09 bits per heavy atom. The third-order valence-corrected chi connectivity index (χ3v) is 7.84. The van der Waals surface area contributed by atoms with Crippen LogP contribution in [-0.2, 0) is 14.8 Å². The largest absolute Gasteiger partial charge is 0.353 e. The first-order chi connectivity index (χ1) is 15.6. The molecule has 2 amide bonds. The fourth-order valence-electron chi connectivity index (χ4n) is 3.59. The summed E-state index contributed by atoms with van der Waals surface area (Å²) >= 11 is 1.88. The van der Waals surface area contributed by atoms with Crippen LogP contribution in [0, 0.1) is 16.3 Å². The van der Waals surface area contributed by atoms with Crippen molar-refractivity contribution < 1.29 is 22.4 Å². The fourth-order valence-corrected chi connectivity index (χ4v) is 5.33. The lowest BCUT2D eigenvalue weighted by molar-refractivity contribution is -0.128. The zero-order valence-corrected chi connectivity index (χ0v) is 21.1. The van der Waals surface area contributed by atoms with Crippen molar-refractivity contribution in [3.63, 3.8) is 0 Å². The van der Waals surface area contributed by atoms with Crippen LogP contribution in [0.5, 0.6) is 0 Å². The van der Waals surface area contributed by atoms with Gasteiger partial charge in [-0.2, -0.15) is 0 Å². The first-order valence-electron chi connectivity index (χ1n) is 10.5. The molecule has 0 aromatic heterocycles. The molecule has 33 heavy (non-hydrogen) atoms. The first-order valence-corrected chi connectivity index (χ1v) is 13.0. The topological polar surface area (TPSA) is 116 Å². The van der Waals surface area contributed by atoms with Gasteiger partial charge < -0.3 is 16.0 Å². The standard InChI is InChI=1S/C22H26FIN4O4S/c1-15-5-7-16(8-6-15)33(31,32)27-14-13-26-21(30)22(9-11-25-12-10-22)28-20(29)19-17(23)3-2-4-18(19)24/h2-8,25,27H,9-14H2,1H3,(H,26,30)(H,28,29). The highest BCUT2D eigenvalue weighted by Crippen LogP contribution is 2.22. The number of piperidine rings is 1.